The smallest absolute Gasteiger partial charge is 0.231 e. The van der Waals surface area contributed by atoms with E-state index in [0.29, 0.717) is 12.3 Å². The minimum absolute atomic E-state index is 0.166. The number of nitrogens with zero attached hydrogens (tertiary/aromatic N) is 1. The normalized spacial score (nSPS) is 20.0. The van der Waals surface area contributed by atoms with Crippen molar-refractivity contribution < 1.29 is 13.6 Å². The molecule has 0 bridgehead atoms. The first-order chi connectivity index (χ1) is 9.56. The first-order valence-electron chi connectivity index (χ1n) is 7.00. The van der Waals surface area contributed by atoms with Crippen LogP contribution in [0.25, 0.3) is 0 Å². The van der Waals surface area contributed by atoms with Crippen LogP contribution in [0, 0.1) is 17.6 Å². The minimum Gasteiger partial charge on any atom is -0.369 e. The van der Waals surface area contributed by atoms with E-state index in [2.05, 4.69) is 0 Å². The second kappa shape index (κ2) is 6.79. The maximum atomic E-state index is 13.5. The topological polar surface area (TPSA) is 46.3 Å². The third-order valence-electron chi connectivity index (χ3n) is 3.85. The molecule has 1 aliphatic heterocycles. The molecule has 1 heterocycles. The van der Waals surface area contributed by atoms with Crippen LogP contribution in [0.2, 0.25) is 0 Å². The summed E-state index contributed by atoms with van der Waals surface area (Å²) in [4.78, 5) is 12.9. The van der Waals surface area contributed by atoms with Gasteiger partial charge in [0.05, 0.1) is 6.54 Å². The number of hydrogen-bond acceptors (Lipinski definition) is 2. The summed E-state index contributed by atoms with van der Waals surface area (Å²) in [6.07, 6.45) is 3.16. The van der Waals surface area contributed by atoms with Gasteiger partial charge in [0.15, 0.2) is 0 Å². The fourth-order valence-corrected chi connectivity index (χ4v) is 2.87. The second-order valence-electron chi connectivity index (χ2n) is 5.45. The van der Waals surface area contributed by atoms with Gasteiger partial charge in [-0.2, -0.15) is 0 Å². The zero-order valence-corrected chi connectivity index (χ0v) is 11.4. The SMILES string of the molecule is NC(=O)CN1CCC[C@@H](CCc2c(F)cccc2F)C1. The van der Waals surface area contributed by atoms with Crippen LogP contribution >= 0.6 is 0 Å². The molecule has 2 N–H and O–H groups in total. The Morgan fingerprint density at radius 3 is 2.70 bits per heavy atom. The van der Waals surface area contributed by atoms with Gasteiger partial charge in [0.2, 0.25) is 5.91 Å². The molecule has 3 nitrogen and oxygen atoms in total. The summed E-state index contributed by atoms with van der Waals surface area (Å²) in [7, 11) is 0. The number of amides is 1. The summed E-state index contributed by atoms with van der Waals surface area (Å²) in [5.74, 6) is -0.919. The minimum atomic E-state index is -0.477. The van der Waals surface area contributed by atoms with Crippen LogP contribution in [0.5, 0.6) is 0 Å². The van der Waals surface area contributed by atoms with Gasteiger partial charge < -0.3 is 5.73 Å². The fourth-order valence-electron chi connectivity index (χ4n) is 2.87. The van der Waals surface area contributed by atoms with Crippen LogP contribution in [0.3, 0.4) is 0 Å². The Morgan fingerprint density at radius 2 is 2.05 bits per heavy atom. The molecule has 1 aromatic carbocycles. The predicted octanol–water partition coefficient (Wildman–Crippen LogP) is 2.09. The standard InChI is InChI=1S/C15H20F2N2O/c16-13-4-1-5-14(17)12(13)7-6-11-3-2-8-19(9-11)10-15(18)20/h1,4-5,11H,2-3,6-10H2,(H2,18,20)/t11-/m0/s1. The molecule has 1 saturated heterocycles. The summed E-state index contributed by atoms with van der Waals surface area (Å²) in [5, 5.41) is 0. The van der Waals surface area contributed by atoms with E-state index in [4.69, 9.17) is 5.73 Å². The van der Waals surface area contributed by atoms with Crippen molar-refractivity contribution in [2.75, 3.05) is 19.6 Å². The number of halogens is 2. The Hall–Kier alpha value is -1.49. The number of piperidine rings is 1. The number of carbonyl (C=O) groups excluding carboxylic acids is 1. The molecule has 0 saturated carbocycles. The lowest BCUT2D eigenvalue weighted by atomic mass is 9.91. The molecule has 1 amide bonds. The molecule has 2 rings (SSSR count). The van der Waals surface area contributed by atoms with E-state index in [9.17, 15) is 13.6 Å². The molecule has 1 aliphatic rings. The van der Waals surface area contributed by atoms with Crippen molar-refractivity contribution >= 4 is 5.91 Å². The lowest BCUT2D eigenvalue weighted by Gasteiger charge is -2.31. The number of nitrogens with two attached hydrogens (primary N) is 1. The highest BCUT2D eigenvalue weighted by Gasteiger charge is 2.21. The van der Waals surface area contributed by atoms with Crippen molar-refractivity contribution in [3.8, 4) is 0 Å². The number of rotatable bonds is 5. The van der Waals surface area contributed by atoms with Crippen LogP contribution < -0.4 is 5.73 Å². The Balaban J connectivity index is 1.89. The molecule has 0 aliphatic carbocycles. The van der Waals surface area contributed by atoms with Gasteiger partial charge in [0.1, 0.15) is 11.6 Å². The van der Waals surface area contributed by atoms with E-state index in [1.54, 1.807) is 0 Å². The van der Waals surface area contributed by atoms with Crippen molar-refractivity contribution in [1.82, 2.24) is 4.90 Å². The monoisotopic (exact) mass is 282 g/mol. The zero-order valence-electron chi connectivity index (χ0n) is 11.4. The maximum absolute atomic E-state index is 13.5. The number of carbonyl (C=O) groups is 1. The van der Waals surface area contributed by atoms with Crippen molar-refractivity contribution in [3.05, 3.63) is 35.4 Å². The average Bonchev–Trinajstić information content (AvgIpc) is 2.38. The summed E-state index contributed by atoms with van der Waals surface area (Å²) in [6.45, 7) is 1.91. The Morgan fingerprint density at radius 1 is 1.35 bits per heavy atom. The van der Waals surface area contributed by atoms with Gasteiger partial charge in [-0.3, -0.25) is 9.69 Å². The quantitative estimate of drug-likeness (QED) is 0.899. The summed E-state index contributed by atoms with van der Waals surface area (Å²) < 4.78 is 27.1. The fraction of sp³-hybridized carbons (Fsp3) is 0.533. The van der Waals surface area contributed by atoms with Crippen LogP contribution in [-0.2, 0) is 11.2 Å². The van der Waals surface area contributed by atoms with Crippen LogP contribution in [-0.4, -0.2) is 30.4 Å². The van der Waals surface area contributed by atoms with E-state index >= 15 is 0 Å². The van der Waals surface area contributed by atoms with Crippen LogP contribution in [0.15, 0.2) is 18.2 Å². The Labute approximate surface area is 117 Å². The summed E-state index contributed by atoms with van der Waals surface area (Å²) in [5.41, 5.74) is 5.36. The lowest BCUT2D eigenvalue weighted by molar-refractivity contribution is -0.119. The van der Waals surface area contributed by atoms with Crippen molar-refractivity contribution in [2.45, 2.75) is 25.7 Å². The third kappa shape index (κ3) is 4.00. The van der Waals surface area contributed by atoms with E-state index in [1.165, 1.54) is 18.2 Å². The Kier molecular flexibility index (Phi) is 5.06. The molecule has 110 valence electrons. The predicted molar refractivity (Wildman–Crippen MR) is 73.0 cm³/mol. The molecular weight excluding hydrogens is 262 g/mol. The van der Waals surface area contributed by atoms with E-state index in [0.717, 1.165) is 32.4 Å². The van der Waals surface area contributed by atoms with E-state index < -0.39 is 11.6 Å². The van der Waals surface area contributed by atoms with Crippen LogP contribution in [0.4, 0.5) is 8.78 Å². The largest absolute Gasteiger partial charge is 0.369 e. The molecule has 0 unspecified atom stereocenters. The van der Waals surface area contributed by atoms with Gasteiger partial charge in [-0.15, -0.1) is 0 Å². The Bertz CT molecular complexity index is 459. The molecule has 0 radical (unpaired) electrons. The number of likely N-dealkylation sites (tertiary alicyclic amines) is 1. The van der Waals surface area contributed by atoms with Gasteiger partial charge >= 0.3 is 0 Å². The molecule has 5 heteroatoms. The number of hydrogen-bond donors (Lipinski definition) is 1. The van der Waals surface area contributed by atoms with Crippen molar-refractivity contribution in [1.29, 1.82) is 0 Å². The van der Waals surface area contributed by atoms with Crippen molar-refractivity contribution in [3.63, 3.8) is 0 Å². The highest BCUT2D eigenvalue weighted by molar-refractivity contribution is 5.75. The maximum Gasteiger partial charge on any atom is 0.231 e. The second-order valence-corrected chi connectivity index (χ2v) is 5.45. The molecule has 0 aromatic heterocycles. The summed E-state index contributed by atoms with van der Waals surface area (Å²) >= 11 is 0. The van der Waals surface area contributed by atoms with Gasteiger partial charge in [-0.1, -0.05) is 6.07 Å². The highest BCUT2D eigenvalue weighted by atomic mass is 19.1. The lowest BCUT2D eigenvalue weighted by Crippen LogP contribution is -2.40. The molecule has 20 heavy (non-hydrogen) atoms. The summed E-state index contributed by atoms with van der Waals surface area (Å²) in [6, 6.07) is 3.96. The first-order valence-corrected chi connectivity index (χ1v) is 7.00. The van der Waals surface area contributed by atoms with Gasteiger partial charge in [-0.05, 0) is 50.3 Å². The molecule has 0 spiro atoms. The third-order valence-corrected chi connectivity index (χ3v) is 3.85. The van der Waals surface area contributed by atoms with Crippen molar-refractivity contribution in [2.24, 2.45) is 11.7 Å². The molecule has 1 aromatic rings. The van der Waals surface area contributed by atoms with Gasteiger partial charge in [0, 0.05) is 12.1 Å². The molecular formula is C15H20F2N2O. The van der Waals surface area contributed by atoms with Gasteiger partial charge in [0.25, 0.3) is 0 Å². The number of benzene rings is 1. The average molecular weight is 282 g/mol. The molecule has 1 atom stereocenters. The molecule has 1 fully saturated rings. The zero-order chi connectivity index (χ0) is 14.5. The first kappa shape index (κ1) is 14.9. The number of primary amides is 1. The highest BCUT2D eigenvalue weighted by Crippen LogP contribution is 2.23. The van der Waals surface area contributed by atoms with E-state index in [1.807, 2.05) is 4.90 Å². The van der Waals surface area contributed by atoms with Gasteiger partial charge in [-0.25, -0.2) is 8.78 Å². The van der Waals surface area contributed by atoms with Crippen LogP contribution in [0.1, 0.15) is 24.8 Å². The van der Waals surface area contributed by atoms with E-state index in [-0.39, 0.29) is 18.0 Å².